The molecule has 0 radical (unpaired) electrons. The van der Waals surface area contributed by atoms with Gasteiger partial charge in [0.1, 0.15) is 6.29 Å². The Hall–Kier alpha value is -0.900. The Kier molecular flexibility index (Phi) is 23.4. The van der Waals surface area contributed by atoms with E-state index in [2.05, 4.69) is 5.32 Å². The highest BCUT2D eigenvalue weighted by Crippen LogP contribution is 2.13. The van der Waals surface area contributed by atoms with Crippen molar-refractivity contribution in [2.75, 3.05) is 14.2 Å². The van der Waals surface area contributed by atoms with E-state index in [4.69, 9.17) is 4.74 Å². The van der Waals surface area contributed by atoms with Gasteiger partial charge in [0.2, 0.25) is 5.91 Å². The molecule has 0 saturated carbocycles. The third kappa shape index (κ3) is 29.8. The minimum atomic E-state index is 0.0417. The summed E-state index contributed by atoms with van der Waals surface area (Å²) < 4.78 is 4.94. The number of unbranched alkanes of at least 4 members (excludes halogenated alkanes) is 14. The number of hydrogen-bond donors (Lipinski definition) is 1. The summed E-state index contributed by atoms with van der Waals surface area (Å²) in [4.78, 5) is 21.2. The third-order valence-corrected chi connectivity index (χ3v) is 4.87. The van der Waals surface area contributed by atoms with Crippen LogP contribution in [0.15, 0.2) is 0 Å². The number of aldehydes is 1. The fourth-order valence-corrected chi connectivity index (χ4v) is 2.76. The largest absolute Gasteiger partial charge is 0.379 e. The van der Waals surface area contributed by atoms with E-state index in [0.717, 1.165) is 25.5 Å². The first-order chi connectivity index (χ1) is 13.4. The maximum absolute atomic E-state index is 11.0. The summed E-state index contributed by atoms with van der Waals surface area (Å²) in [5, 5.41) is 2.66. The Morgan fingerprint density at radius 1 is 0.750 bits per heavy atom. The Morgan fingerprint density at radius 3 is 1.36 bits per heavy atom. The molecule has 28 heavy (non-hydrogen) atoms. The van der Waals surface area contributed by atoms with Gasteiger partial charge in [-0.25, -0.2) is 0 Å². The van der Waals surface area contributed by atoms with Crippen molar-refractivity contribution in [2.24, 2.45) is 0 Å². The van der Waals surface area contributed by atoms with Gasteiger partial charge >= 0.3 is 0 Å². The van der Waals surface area contributed by atoms with Gasteiger partial charge in [-0.15, -0.1) is 0 Å². The van der Waals surface area contributed by atoms with Gasteiger partial charge in [-0.3, -0.25) is 4.79 Å². The Morgan fingerprint density at radius 2 is 1.07 bits per heavy atom. The van der Waals surface area contributed by atoms with E-state index >= 15 is 0 Å². The molecule has 0 spiro atoms. The van der Waals surface area contributed by atoms with E-state index in [0.29, 0.717) is 6.42 Å². The van der Waals surface area contributed by atoms with Crippen LogP contribution < -0.4 is 5.32 Å². The van der Waals surface area contributed by atoms with Gasteiger partial charge in [-0.1, -0.05) is 77.0 Å². The van der Waals surface area contributed by atoms with E-state index in [1.807, 2.05) is 20.8 Å². The number of methoxy groups -OCH3 is 1. The zero-order chi connectivity index (χ0) is 21.5. The summed E-state index contributed by atoms with van der Waals surface area (Å²) in [6, 6.07) is 0. The first-order valence-electron chi connectivity index (χ1n) is 11.6. The van der Waals surface area contributed by atoms with Gasteiger partial charge in [0, 0.05) is 27.0 Å². The first kappa shape index (κ1) is 29.3. The van der Waals surface area contributed by atoms with E-state index in [1.165, 1.54) is 77.0 Å². The Bertz CT molecular complexity index is 337. The molecule has 4 nitrogen and oxygen atoms in total. The van der Waals surface area contributed by atoms with Crippen LogP contribution in [0.2, 0.25) is 0 Å². The van der Waals surface area contributed by atoms with Crippen LogP contribution in [0.5, 0.6) is 0 Å². The van der Waals surface area contributed by atoms with Crippen molar-refractivity contribution in [3.63, 3.8) is 0 Å². The minimum absolute atomic E-state index is 0.0417. The maximum atomic E-state index is 11.0. The highest BCUT2D eigenvalue weighted by Gasteiger charge is 2.04. The van der Waals surface area contributed by atoms with E-state index in [1.54, 1.807) is 14.2 Å². The number of amides is 1. The average Bonchev–Trinajstić information content (AvgIpc) is 2.67. The van der Waals surface area contributed by atoms with Crippen molar-refractivity contribution in [2.45, 2.75) is 129 Å². The summed E-state index contributed by atoms with van der Waals surface area (Å²) in [6.45, 7) is 6.06. The predicted molar refractivity (Wildman–Crippen MR) is 121 cm³/mol. The Balaban J connectivity index is 0. The quantitative estimate of drug-likeness (QED) is 0.221. The van der Waals surface area contributed by atoms with Gasteiger partial charge in [0.05, 0.1) is 5.60 Å². The summed E-state index contributed by atoms with van der Waals surface area (Å²) in [7, 11) is 3.41. The molecule has 0 aliphatic carbocycles. The maximum Gasteiger partial charge on any atom is 0.219 e. The van der Waals surface area contributed by atoms with Crippen molar-refractivity contribution in [3.8, 4) is 0 Å². The lowest BCUT2D eigenvalue weighted by Crippen LogP contribution is -2.16. The van der Waals surface area contributed by atoms with Gasteiger partial charge in [-0.05, 0) is 33.6 Å². The van der Waals surface area contributed by atoms with Crippen LogP contribution in [-0.2, 0) is 14.3 Å². The molecule has 0 atom stereocenters. The number of rotatable bonds is 17. The van der Waals surface area contributed by atoms with E-state index in [9.17, 15) is 9.59 Å². The summed E-state index contributed by atoms with van der Waals surface area (Å²) >= 11 is 0. The van der Waals surface area contributed by atoms with E-state index in [-0.39, 0.29) is 11.5 Å². The lowest BCUT2D eigenvalue weighted by molar-refractivity contribution is -0.120. The fourth-order valence-electron chi connectivity index (χ4n) is 2.76. The van der Waals surface area contributed by atoms with Gasteiger partial charge in [0.25, 0.3) is 0 Å². The van der Waals surface area contributed by atoms with Gasteiger partial charge < -0.3 is 14.8 Å². The number of hydrogen-bond acceptors (Lipinski definition) is 3. The summed E-state index contributed by atoms with van der Waals surface area (Å²) in [5.41, 5.74) is 0.0417. The molecule has 0 bridgehead atoms. The molecule has 1 amide bonds. The first-order valence-corrected chi connectivity index (χ1v) is 11.6. The second-order valence-corrected chi connectivity index (χ2v) is 8.64. The van der Waals surface area contributed by atoms with Crippen LogP contribution >= 0.6 is 0 Å². The number of carbonyl (C=O) groups is 2. The molecule has 1 N–H and O–H groups in total. The monoisotopic (exact) mass is 399 g/mol. The van der Waals surface area contributed by atoms with Crippen LogP contribution in [0.25, 0.3) is 0 Å². The second-order valence-electron chi connectivity index (χ2n) is 8.64. The molecule has 0 rings (SSSR count). The minimum Gasteiger partial charge on any atom is -0.379 e. The second kappa shape index (κ2) is 22.4. The number of nitrogens with one attached hydrogen (secondary N) is 1. The molecule has 0 saturated heterocycles. The number of carbonyl (C=O) groups excluding carboxylic acids is 2. The SMILES string of the molecule is CNC(=O)CCCCCCCCCCCCCCCCC=O.COC(C)(C)C. The molecule has 0 unspecified atom stereocenters. The lowest BCUT2D eigenvalue weighted by Gasteiger charge is -2.14. The molecule has 168 valence electrons. The van der Waals surface area contributed by atoms with Crippen molar-refractivity contribution < 1.29 is 14.3 Å². The number of ether oxygens (including phenoxy) is 1. The van der Waals surface area contributed by atoms with E-state index < -0.39 is 0 Å². The molecule has 0 aliphatic heterocycles. The van der Waals surface area contributed by atoms with Crippen LogP contribution in [0, 0.1) is 0 Å². The molecule has 0 aromatic rings. The predicted octanol–water partition coefficient (Wildman–Crippen LogP) is 6.60. The lowest BCUT2D eigenvalue weighted by atomic mass is 10.0. The molecule has 0 heterocycles. The average molecular weight is 400 g/mol. The summed E-state index contributed by atoms with van der Waals surface area (Å²) in [6.07, 6.45) is 20.4. The molecule has 0 aromatic carbocycles. The van der Waals surface area contributed by atoms with Crippen LogP contribution in [0.1, 0.15) is 124 Å². The molecular weight excluding hydrogens is 350 g/mol. The van der Waals surface area contributed by atoms with Crippen LogP contribution in [0.4, 0.5) is 0 Å². The molecule has 0 aromatic heterocycles. The zero-order valence-electron chi connectivity index (χ0n) is 19.6. The Labute approximate surface area is 175 Å². The van der Waals surface area contributed by atoms with Crippen LogP contribution in [-0.4, -0.2) is 32.0 Å². The van der Waals surface area contributed by atoms with Crippen molar-refractivity contribution in [3.05, 3.63) is 0 Å². The summed E-state index contributed by atoms with van der Waals surface area (Å²) in [5.74, 6) is 0.170. The smallest absolute Gasteiger partial charge is 0.219 e. The van der Waals surface area contributed by atoms with Gasteiger partial charge in [-0.2, -0.15) is 0 Å². The van der Waals surface area contributed by atoms with Gasteiger partial charge in [0.15, 0.2) is 0 Å². The van der Waals surface area contributed by atoms with Crippen molar-refractivity contribution in [1.29, 1.82) is 0 Å². The third-order valence-electron chi connectivity index (χ3n) is 4.87. The fraction of sp³-hybridized carbons (Fsp3) is 0.917. The van der Waals surface area contributed by atoms with Crippen molar-refractivity contribution >= 4 is 12.2 Å². The zero-order valence-corrected chi connectivity index (χ0v) is 19.6. The highest BCUT2D eigenvalue weighted by molar-refractivity contribution is 5.75. The topological polar surface area (TPSA) is 55.4 Å². The standard InChI is InChI=1S/C19H37NO2.C5H12O/c1-20-19(22)17-15-13-11-9-7-5-3-2-4-6-8-10-12-14-16-18-21;1-5(2,3)6-4/h18H,2-17H2,1H3,(H,20,22);1-4H3. The molecular formula is C24H49NO3. The van der Waals surface area contributed by atoms with Crippen LogP contribution in [0.3, 0.4) is 0 Å². The highest BCUT2D eigenvalue weighted by atomic mass is 16.5. The van der Waals surface area contributed by atoms with Crippen molar-refractivity contribution in [1.82, 2.24) is 5.32 Å². The normalized spacial score (nSPS) is 10.9. The molecule has 0 fully saturated rings. The molecule has 4 heteroatoms. The molecule has 0 aliphatic rings.